The molecule has 2 aliphatic rings. The molecule has 184 valence electrons. The lowest BCUT2D eigenvalue weighted by atomic mass is 10.1. The van der Waals surface area contributed by atoms with Crippen molar-refractivity contribution >= 4 is 15.9 Å². The number of hydrogen-bond acceptors (Lipinski definition) is 5. The van der Waals surface area contributed by atoms with Crippen molar-refractivity contribution in [2.24, 2.45) is 0 Å². The molecule has 0 radical (unpaired) electrons. The van der Waals surface area contributed by atoms with Crippen molar-refractivity contribution in [1.82, 2.24) is 14.1 Å². The maximum atomic E-state index is 12.9. The van der Waals surface area contributed by atoms with Crippen molar-refractivity contribution in [3.05, 3.63) is 65.2 Å². The standard InChI is InChI=1S/C26H35N3O4S/c1-21-8-9-22(2)25(18-21)33-24-10-12-27(13-11-24)19-26(30)28-14-16-29(17-15-28)34(31,32)20-23-6-4-3-5-7-23/h3-9,18,24H,10-17,19-20H2,1-2H3. The Labute approximate surface area is 203 Å². The van der Waals surface area contributed by atoms with Crippen molar-refractivity contribution in [3.63, 3.8) is 0 Å². The van der Waals surface area contributed by atoms with Gasteiger partial charge in [0.1, 0.15) is 11.9 Å². The number of amides is 1. The zero-order valence-corrected chi connectivity index (χ0v) is 21.0. The van der Waals surface area contributed by atoms with E-state index in [9.17, 15) is 13.2 Å². The Bertz CT molecular complexity index is 1070. The van der Waals surface area contributed by atoms with E-state index >= 15 is 0 Å². The lowest BCUT2D eigenvalue weighted by molar-refractivity contribution is -0.134. The Balaban J connectivity index is 1.21. The highest BCUT2D eigenvalue weighted by Gasteiger charge is 2.30. The number of nitrogens with zero attached hydrogens (tertiary/aromatic N) is 3. The van der Waals surface area contributed by atoms with Crippen molar-refractivity contribution in [1.29, 1.82) is 0 Å². The number of carbonyl (C=O) groups is 1. The number of benzene rings is 2. The number of carbonyl (C=O) groups excluding carboxylic acids is 1. The number of aryl methyl sites for hydroxylation is 2. The van der Waals surface area contributed by atoms with Gasteiger partial charge < -0.3 is 9.64 Å². The average molecular weight is 486 g/mol. The number of sulfonamides is 1. The third-order valence-corrected chi connectivity index (χ3v) is 8.56. The first kappa shape index (κ1) is 24.7. The summed E-state index contributed by atoms with van der Waals surface area (Å²) in [6.07, 6.45) is 1.96. The molecule has 1 amide bonds. The Morgan fingerprint density at radius 3 is 2.29 bits per heavy atom. The molecule has 2 fully saturated rings. The first-order valence-corrected chi connectivity index (χ1v) is 13.7. The molecule has 2 aliphatic heterocycles. The van der Waals surface area contributed by atoms with Gasteiger partial charge >= 0.3 is 0 Å². The summed E-state index contributed by atoms with van der Waals surface area (Å²) in [6.45, 7) is 7.76. The lowest BCUT2D eigenvalue weighted by Crippen LogP contribution is -2.53. The van der Waals surface area contributed by atoms with E-state index in [1.54, 1.807) is 4.90 Å². The Hall–Kier alpha value is -2.42. The molecule has 0 atom stereocenters. The van der Waals surface area contributed by atoms with Crippen LogP contribution in [0.2, 0.25) is 0 Å². The molecular formula is C26H35N3O4S. The second-order valence-electron chi connectivity index (χ2n) is 9.38. The number of rotatable bonds is 7. The molecule has 2 saturated heterocycles. The van der Waals surface area contributed by atoms with Crippen molar-refractivity contribution in [3.8, 4) is 5.75 Å². The highest BCUT2D eigenvalue weighted by molar-refractivity contribution is 7.88. The summed E-state index contributed by atoms with van der Waals surface area (Å²) in [7, 11) is -3.38. The highest BCUT2D eigenvalue weighted by atomic mass is 32.2. The first-order valence-electron chi connectivity index (χ1n) is 12.1. The fourth-order valence-corrected chi connectivity index (χ4v) is 6.10. The van der Waals surface area contributed by atoms with Gasteiger partial charge in [0.05, 0.1) is 12.3 Å². The second kappa shape index (κ2) is 10.9. The number of hydrogen-bond donors (Lipinski definition) is 0. The summed E-state index contributed by atoms with van der Waals surface area (Å²) in [5.74, 6) is 1.03. The fourth-order valence-electron chi connectivity index (χ4n) is 4.58. The molecule has 0 bridgehead atoms. The highest BCUT2D eigenvalue weighted by Crippen LogP contribution is 2.24. The van der Waals surface area contributed by atoms with Crippen LogP contribution < -0.4 is 4.74 Å². The van der Waals surface area contributed by atoms with Gasteiger partial charge in [0.2, 0.25) is 15.9 Å². The van der Waals surface area contributed by atoms with E-state index in [2.05, 4.69) is 36.9 Å². The Morgan fingerprint density at radius 1 is 0.941 bits per heavy atom. The van der Waals surface area contributed by atoms with Gasteiger partial charge in [-0.3, -0.25) is 9.69 Å². The molecule has 2 heterocycles. The predicted molar refractivity (Wildman–Crippen MR) is 133 cm³/mol. The molecule has 0 aromatic heterocycles. The quantitative estimate of drug-likeness (QED) is 0.603. The van der Waals surface area contributed by atoms with Crippen LogP contribution in [0.15, 0.2) is 48.5 Å². The lowest BCUT2D eigenvalue weighted by Gasteiger charge is -2.36. The first-order chi connectivity index (χ1) is 16.3. The van der Waals surface area contributed by atoms with Crippen LogP contribution in [0.3, 0.4) is 0 Å². The van der Waals surface area contributed by atoms with Gasteiger partial charge in [-0.1, -0.05) is 42.5 Å². The van der Waals surface area contributed by atoms with E-state index in [1.807, 2.05) is 30.3 Å². The molecule has 4 rings (SSSR count). The predicted octanol–water partition coefficient (Wildman–Crippen LogP) is 2.82. The average Bonchev–Trinajstić information content (AvgIpc) is 2.83. The van der Waals surface area contributed by atoms with E-state index in [1.165, 1.54) is 9.87 Å². The van der Waals surface area contributed by atoms with Gasteiger partial charge in [-0.2, -0.15) is 4.31 Å². The summed E-state index contributed by atoms with van der Waals surface area (Å²) < 4.78 is 33.3. The van der Waals surface area contributed by atoms with E-state index in [4.69, 9.17) is 4.74 Å². The van der Waals surface area contributed by atoms with Crippen LogP contribution >= 0.6 is 0 Å². The molecule has 0 aliphatic carbocycles. The molecule has 0 saturated carbocycles. The molecular weight excluding hydrogens is 450 g/mol. The monoisotopic (exact) mass is 485 g/mol. The zero-order valence-electron chi connectivity index (χ0n) is 20.2. The van der Waals surface area contributed by atoms with Crippen LogP contribution in [0.5, 0.6) is 5.75 Å². The summed E-state index contributed by atoms with van der Waals surface area (Å²) in [5, 5.41) is 0. The number of piperidine rings is 1. The normalized spacial score (nSPS) is 18.7. The third-order valence-electron chi connectivity index (χ3n) is 6.71. The SMILES string of the molecule is Cc1ccc(C)c(OC2CCN(CC(=O)N3CCN(S(=O)(=O)Cc4ccccc4)CC3)CC2)c1. The van der Waals surface area contributed by atoms with Crippen molar-refractivity contribution in [2.75, 3.05) is 45.8 Å². The molecule has 0 N–H and O–H groups in total. The van der Waals surface area contributed by atoms with E-state index in [-0.39, 0.29) is 17.8 Å². The van der Waals surface area contributed by atoms with Gasteiger partial charge in [0.15, 0.2) is 0 Å². The van der Waals surface area contributed by atoms with Crippen LogP contribution in [0.25, 0.3) is 0 Å². The molecule has 8 heteroatoms. The minimum absolute atomic E-state index is 0.000869. The Morgan fingerprint density at radius 2 is 1.62 bits per heavy atom. The third kappa shape index (κ3) is 6.37. The topological polar surface area (TPSA) is 70.2 Å². The van der Waals surface area contributed by atoms with Crippen molar-refractivity contribution in [2.45, 2.75) is 38.5 Å². The molecule has 2 aromatic rings. The van der Waals surface area contributed by atoms with Crippen LogP contribution in [0.1, 0.15) is 29.5 Å². The molecule has 7 nitrogen and oxygen atoms in total. The van der Waals surface area contributed by atoms with Gasteiger partial charge in [-0.15, -0.1) is 0 Å². The minimum Gasteiger partial charge on any atom is -0.490 e. The number of likely N-dealkylation sites (tertiary alicyclic amines) is 1. The smallest absolute Gasteiger partial charge is 0.236 e. The van der Waals surface area contributed by atoms with E-state index in [0.717, 1.165) is 42.8 Å². The molecule has 2 aromatic carbocycles. The van der Waals surface area contributed by atoms with Crippen molar-refractivity contribution < 1.29 is 17.9 Å². The van der Waals surface area contributed by atoms with Gasteiger partial charge in [-0.25, -0.2) is 8.42 Å². The van der Waals surface area contributed by atoms with Gasteiger partial charge in [0, 0.05) is 39.3 Å². The van der Waals surface area contributed by atoms with Gasteiger partial charge in [0.25, 0.3) is 0 Å². The molecule has 0 spiro atoms. The van der Waals surface area contributed by atoms with Crippen LogP contribution in [0.4, 0.5) is 0 Å². The minimum atomic E-state index is -3.38. The van der Waals surface area contributed by atoms with Gasteiger partial charge in [-0.05, 0) is 49.4 Å². The second-order valence-corrected chi connectivity index (χ2v) is 11.4. The number of piperazine rings is 1. The Kier molecular flexibility index (Phi) is 7.91. The van der Waals surface area contributed by atoms with Crippen LogP contribution in [-0.4, -0.2) is 80.3 Å². The number of ether oxygens (including phenoxy) is 1. The van der Waals surface area contributed by atoms with Crippen LogP contribution in [0, 0.1) is 13.8 Å². The summed E-state index contributed by atoms with van der Waals surface area (Å²) >= 11 is 0. The van der Waals surface area contributed by atoms with Crippen LogP contribution in [-0.2, 0) is 20.6 Å². The maximum absolute atomic E-state index is 12.9. The summed E-state index contributed by atoms with van der Waals surface area (Å²) in [4.78, 5) is 16.8. The fraction of sp³-hybridized carbons (Fsp3) is 0.500. The molecule has 0 unspecified atom stereocenters. The molecule has 34 heavy (non-hydrogen) atoms. The summed E-state index contributed by atoms with van der Waals surface area (Å²) in [6, 6.07) is 15.5. The maximum Gasteiger partial charge on any atom is 0.236 e. The zero-order chi connectivity index (χ0) is 24.1. The summed E-state index contributed by atoms with van der Waals surface area (Å²) in [5.41, 5.74) is 3.12. The van der Waals surface area contributed by atoms with E-state index in [0.29, 0.717) is 32.7 Å². The van der Waals surface area contributed by atoms with E-state index < -0.39 is 10.0 Å². The largest absolute Gasteiger partial charge is 0.490 e.